The third-order valence-corrected chi connectivity index (χ3v) is 3.67. The van der Waals surface area contributed by atoms with E-state index in [-0.39, 0.29) is 0 Å². The summed E-state index contributed by atoms with van der Waals surface area (Å²) in [6, 6.07) is 9.28. The first kappa shape index (κ1) is 11.3. The number of anilines is 1. The summed E-state index contributed by atoms with van der Waals surface area (Å²) in [5, 5.41) is 3.80. The van der Waals surface area contributed by atoms with E-state index < -0.39 is 0 Å². The fourth-order valence-electron chi connectivity index (χ4n) is 1.67. The second-order valence-corrected chi connectivity index (χ2v) is 5.31. The van der Waals surface area contributed by atoms with Gasteiger partial charge in [-0.1, -0.05) is 22.8 Å². The zero-order chi connectivity index (χ0) is 12.5. The number of hydrogen-bond donors (Lipinski definition) is 1. The average Bonchev–Trinajstić information content (AvgIpc) is 2.96. The quantitative estimate of drug-likeness (QED) is 0.776. The molecule has 0 spiro atoms. The van der Waals surface area contributed by atoms with Crippen molar-refractivity contribution in [2.45, 2.75) is 0 Å². The highest BCUT2D eigenvalue weighted by molar-refractivity contribution is 7.19. The summed E-state index contributed by atoms with van der Waals surface area (Å²) < 4.78 is 5.97. The Morgan fingerprint density at radius 3 is 2.78 bits per heavy atom. The van der Waals surface area contributed by atoms with Crippen molar-refractivity contribution < 1.29 is 4.52 Å². The lowest BCUT2D eigenvalue weighted by Gasteiger charge is -1.99. The van der Waals surface area contributed by atoms with E-state index in [9.17, 15) is 0 Å². The van der Waals surface area contributed by atoms with Gasteiger partial charge >= 0.3 is 0 Å². The monoisotopic (exact) mass is 277 g/mol. The molecule has 18 heavy (non-hydrogen) atoms. The van der Waals surface area contributed by atoms with E-state index in [4.69, 9.17) is 21.9 Å². The van der Waals surface area contributed by atoms with Gasteiger partial charge in [0.15, 0.2) is 11.6 Å². The first-order chi connectivity index (χ1) is 8.75. The van der Waals surface area contributed by atoms with Crippen LogP contribution in [0.1, 0.15) is 0 Å². The van der Waals surface area contributed by atoms with E-state index in [0.717, 1.165) is 10.6 Å². The molecule has 3 rings (SSSR count). The zero-order valence-electron chi connectivity index (χ0n) is 9.13. The van der Waals surface area contributed by atoms with Gasteiger partial charge in [0, 0.05) is 6.20 Å². The van der Waals surface area contributed by atoms with Crippen molar-refractivity contribution in [2.75, 3.05) is 5.73 Å². The van der Waals surface area contributed by atoms with Crippen molar-refractivity contribution in [1.29, 1.82) is 0 Å². The Morgan fingerprint density at radius 1 is 1.22 bits per heavy atom. The smallest absolute Gasteiger partial charge is 0.188 e. The summed E-state index contributed by atoms with van der Waals surface area (Å²) in [7, 11) is 0. The highest BCUT2D eigenvalue weighted by atomic mass is 35.5. The molecular formula is C12H8ClN3OS. The highest BCUT2D eigenvalue weighted by Crippen LogP contribution is 2.39. The fraction of sp³-hybridized carbons (Fsp3) is 0. The zero-order valence-corrected chi connectivity index (χ0v) is 10.7. The molecule has 0 saturated heterocycles. The summed E-state index contributed by atoms with van der Waals surface area (Å²) in [6.45, 7) is 0. The van der Waals surface area contributed by atoms with E-state index in [1.807, 2.05) is 30.3 Å². The highest BCUT2D eigenvalue weighted by Gasteiger charge is 2.19. The van der Waals surface area contributed by atoms with Crippen molar-refractivity contribution in [1.82, 2.24) is 10.1 Å². The molecule has 3 aromatic rings. The van der Waals surface area contributed by atoms with Gasteiger partial charge < -0.3 is 10.3 Å². The predicted molar refractivity (Wildman–Crippen MR) is 72.5 cm³/mol. The maximum Gasteiger partial charge on any atom is 0.188 e. The number of rotatable bonds is 2. The van der Waals surface area contributed by atoms with Crippen molar-refractivity contribution in [2.24, 2.45) is 0 Å². The first-order valence-corrected chi connectivity index (χ1v) is 6.37. The number of thiophene rings is 1. The molecule has 0 amide bonds. The van der Waals surface area contributed by atoms with Gasteiger partial charge in [-0.25, -0.2) is 0 Å². The molecule has 0 unspecified atom stereocenters. The number of nitrogen functional groups attached to an aromatic ring is 1. The largest absolute Gasteiger partial charge is 0.380 e. The van der Waals surface area contributed by atoms with Gasteiger partial charge in [0.1, 0.15) is 0 Å². The number of nitrogens with two attached hydrogens (primary N) is 1. The number of pyridine rings is 1. The Kier molecular flexibility index (Phi) is 2.77. The summed E-state index contributed by atoms with van der Waals surface area (Å²) in [5.41, 5.74) is 7.28. The molecule has 0 atom stereocenters. The van der Waals surface area contributed by atoms with E-state index >= 15 is 0 Å². The molecule has 0 fully saturated rings. The van der Waals surface area contributed by atoms with Gasteiger partial charge in [0.2, 0.25) is 0 Å². The van der Waals surface area contributed by atoms with Crippen LogP contribution in [0.15, 0.2) is 41.1 Å². The maximum absolute atomic E-state index is 5.93. The Hall–Kier alpha value is -1.85. The Bertz CT molecular complexity index is 678. The van der Waals surface area contributed by atoms with Gasteiger partial charge in [-0.05, 0) is 24.3 Å². The van der Waals surface area contributed by atoms with Gasteiger partial charge in [0.25, 0.3) is 0 Å². The molecule has 0 bridgehead atoms. The van der Waals surface area contributed by atoms with Crippen LogP contribution in [-0.4, -0.2) is 10.1 Å². The average molecular weight is 278 g/mol. The van der Waals surface area contributed by atoms with Crippen LogP contribution < -0.4 is 5.73 Å². The molecular weight excluding hydrogens is 270 g/mol. The number of nitrogens with zero attached hydrogens (tertiary/aromatic N) is 2. The van der Waals surface area contributed by atoms with Crippen LogP contribution in [0.25, 0.3) is 21.9 Å². The van der Waals surface area contributed by atoms with Crippen LogP contribution in [0.3, 0.4) is 0 Å². The van der Waals surface area contributed by atoms with Gasteiger partial charge in [-0.3, -0.25) is 4.98 Å². The lowest BCUT2D eigenvalue weighted by atomic mass is 10.1. The molecule has 0 saturated carbocycles. The molecule has 90 valence electrons. The Balaban J connectivity index is 2.18. The van der Waals surface area contributed by atoms with E-state index in [0.29, 0.717) is 21.5 Å². The third-order valence-electron chi connectivity index (χ3n) is 2.44. The molecule has 0 aromatic carbocycles. The van der Waals surface area contributed by atoms with Crippen LogP contribution in [0.4, 0.5) is 5.82 Å². The Labute approximate surface area is 112 Å². The van der Waals surface area contributed by atoms with Gasteiger partial charge in [0.05, 0.1) is 20.5 Å². The molecule has 3 heterocycles. The molecule has 0 aliphatic heterocycles. The number of hydrogen-bond acceptors (Lipinski definition) is 5. The second kappa shape index (κ2) is 4.44. The summed E-state index contributed by atoms with van der Waals surface area (Å²) >= 11 is 7.34. The predicted octanol–water partition coefficient (Wildman–Crippen LogP) is 3.70. The van der Waals surface area contributed by atoms with Crippen molar-refractivity contribution >= 4 is 28.8 Å². The lowest BCUT2D eigenvalue weighted by Crippen LogP contribution is -1.90. The molecule has 0 radical (unpaired) electrons. The lowest BCUT2D eigenvalue weighted by molar-refractivity contribution is 0.437. The Morgan fingerprint density at radius 2 is 2.11 bits per heavy atom. The van der Waals surface area contributed by atoms with Crippen LogP contribution >= 0.6 is 22.9 Å². The van der Waals surface area contributed by atoms with Crippen molar-refractivity contribution in [3.05, 3.63) is 40.9 Å². The first-order valence-electron chi connectivity index (χ1n) is 5.18. The molecule has 0 aliphatic rings. The molecule has 0 aliphatic carbocycles. The van der Waals surface area contributed by atoms with Crippen LogP contribution in [0, 0.1) is 0 Å². The second-order valence-electron chi connectivity index (χ2n) is 3.59. The van der Waals surface area contributed by atoms with E-state index in [2.05, 4.69) is 10.1 Å². The van der Waals surface area contributed by atoms with Crippen LogP contribution in [0.2, 0.25) is 4.34 Å². The van der Waals surface area contributed by atoms with Crippen LogP contribution in [0.5, 0.6) is 0 Å². The summed E-state index contributed by atoms with van der Waals surface area (Å²) in [5.74, 6) is 0.927. The minimum atomic E-state index is 0.327. The molecule has 3 aromatic heterocycles. The molecule has 4 nitrogen and oxygen atoms in total. The van der Waals surface area contributed by atoms with Gasteiger partial charge in [-0.15, -0.1) is 11.3 Å². The van der Waals surface area contributed by atoms with Gasteiger partial charge in [-0.2, -0.15) is 0 Å². The van der Waals surface area contributed by atoms with E-state index in [1.54, 1.807) is 6.20 Å². The summed E-state index contributed by atoms with van der Waals surface area (Å²) in [6.07, 6.45) is 1.70. The topological polar surface area (TPSA) is 64.9 Å². The number of aromatic nitrogens is 2. The SMILES string of the molecule is Nc1noc(-c2ccc(Cl)s2)c1-c1ccccn1. The van der Waals surface area contributed by atoms with Crippen LogP contribution in [-0.2, 0) is 0 Å². The van der Waals surface area contributed by atoms with E-state index in [1.165, 1.54) is 11.3 Å². The minimum Gasteiger partial charge on any atom is -0.380 e. The third kappa shape index (κ3) is 1.87. The number of halogens is 1. The minimum absolute atomic E-state index is 0.327. The van der Waals surface area contributed by atoms with Crippen molar-refractivity contribution in [3.63, 3.8) is 0 Å². The molecule has 6 heteroatoms. The fourth-order valence-corrected chi connectivity index (χ4v) is 2.69. The van der Waals surface area contributed by atoms with Crippen molar-refractivity contribution in [3.8, 4) is 21.9 Å². The summed E-state index contributed by atoms with van der Waals surface area (Å²) in [4.78, 5) is 5.15. The molecule has 2 N–H and O–H groups in total. The standard InChI is InChI=1S/C12H8ClN3OS/c13-9-5-4-8(18-9)11-10(12(14)16-17-11)7-3-1-2-6-15-7/h1-6H,(H2,14,16). The maximum atomic E-state index is 5.93. The normalized spacial score (nSPS) is 10.7.